The van der Waals surface area contributed by atoms with Gasteiger partial charge in [-0.1, -0.05) is 20.8 Å². The van der Waals surface area contributed by atoms with Crippen molar-refractivity contribution in [3.63, 3.8) is 0 Å². The molecule has 20 heavy (non-hydrogen) atoms. The van der Waals surface area contributed by atoms with Crippen LogP contribution in [0, 0.1) is 0 Å². The van der Waals surface area contributed by atoms with Gasteiger partial charge in [0.25, 0.3) is 5.92 Å². The highest BCUT2D eigenvalue weighted by Gasteiger charge is 2.40. The first-order valence-corrected chi connectivity index (χ1v) is 6.80. The molecule has 2 aliphatic heterocycles. The summed E-state index contributed by atoms with van der Waals surface area (Å²) in [4.78, 5) is 15.0. The van der Waals surface area contributed by atoms with Gasteiger partial charge in [0.2, 0.25) is 0 Å². The fraction of sp³-hybridized carbons (Fsp3) is 0.643. The first-order chi connectivity index (χ1) is 9.26. The van der Waals surface area contributed by atoms with Crippen molar-refractivity contribution < 1.29 is 8.78 Å². The Balaban J connectivity index is 2.06. The van der Waals surface area contributed by atoms with Gasteiger partial charge in [0.15, 0.2) is 0 Å². The Morgan fingerprint density at radius 3 is 2.60 bits per heavy atom. The number of fused-ring (bicyclic) bond motifs is 1. The van der Waals surface area contributed by atoms with Crippen LogP contribution in [-0.2, 0) is 12.0 Å². The lowest BCUT2D eigenvalue weighted by Gasteiger charge is -2.23. The molecule has 108 valence electrons. The molecule has 0 radical (unpaired) electrons. The maximum absolute atomic E-state index is 13.4. The quantitative estimate of drug-likeness (QED) is 0.794. The summed E-state index contributed by atoms with van der Waals surface area (Å²) in [7, 11) is 0. The van der Waals surface area contributed by atoms with E-state index in [2.05, 4.69) is 15.0 Å². The van der Waals surface area contributed by atoms with E-state index in [0.717, 1.165) is 11.3 Å². The van der Waals surface area contributed by atoms with Crippen LogP contribution < -0.4 is 4.90 Å². The molecule has 1 saturated heterocycles. The summed E-state index contributed by atoms with van der Waals surface area (Å²) in [5, 5.41) is 0. The molecule has 3 heterocycles. The van der Waals surface area contributed by atoms with Crippen molar-refractivity contribution in [1.82, 2.24) is 9.97 Å². The van der Waals surface area contributed by atoms with Gasteiger partial charge in [0.05, 0.1) is 24.3 Å². The van der Waals surface area contributed by atoms with Gasteiger partial charge in [0, 0.05) is 24.6 Å². The molecule has 4 nitrogen and oxygen atoms in total. The second-order valence-corrected chi connectivity index (χ2v) is 6.48. The van der Waals surface area contributed by atoms with Gasteiger partial charge in [0.1, 0.15) is 11.6 Å². The van der Waals surface area contributed by atoms with Crippen molar-refractivity contribution >= 4 is 12.0 Å². The first kappa shape index (κ1) is 13.4. The fourth-order valence-corrected chi connectivity index (χ4v) is 2.47. The minimum atomic E-state index is -2.63. The molecular formula is C14H18F2N4. The molecule has 0 bridgehead atoms. The van der Waals surface area contributed by atoms with E-state index in [1.807, 2.05) is 20.8 Å². The molecule has 0 amide bonds. The van der Waals surface area contributed by atoms with Gasteiger partial charge in [-0.2, -0.15) is 0 Å². The average Bonchev–Trinajstić information content (AvgIpc) is 2.92. The van der Waals surface area contributed by atoms with E-state index in [1.165, 1.54) is 0 Å². The number of nitrogens with zero attached hydrogens (tertiary/aromatic N) is 4. The Morgan fingerprint density at radius 2 is 2.00 bits per heavy atom. The van der Waals surface area contributed by atoms with Crippen molar-refractivity contribution in [3.8, 4) is 0 Å². The number of rotatable bonds is 1. The Morgan fingerprint density at radius 1 is 1.25 bits per heavy atom. The Labute approximate surface area is 116 Å². The molecular weight excluding hydrogens is 262 g/mol. The van der Waals surface area contributed by atoms with E-state index in [4.69, 9.17) is 0 Å². The van der Waals surface area contributed by atoms with Gasteiger partial charge < -0.3 is 4.90 Å². The molecule has 1 fully saturated rings. The van der Waals surface area contributed by atoms with Gasteiger partial charge in [-0.15, -0.1) is 0 Å². The molecule has 0 spiro atoms. The van der Waals surface area contributed by atoms with E-state index >= 15 is 0 Å². The predicted octanol–water partition coefficient (Wildman–Crippen LogP) is 2.55. The molecule has 2 aliphatic rings. The van der Waals surface area contributed by atoms with Crippen molar-refractivity contribution in [1.29, 1.82) is 0 Å². The summed E-state index contributed by atoms with van der Waals surface area (Å²) in [6.45, 7) is 6.63. The molecule has 0 aromatic carbocycles. The summed E-state index contributed by atoms with van der Waals surface area (Å²) < 4.78 is 26.9. The number of hydrogen-bond acceptors (Lipinski definition) is 4. The summed E-state index contributed by atoms with van der Waals surface area (Å²) in [5.41, 5.74) is 1.43. The van der Waals surface area contributed by atoms with E-state index in [9.17, 15) is 8.78 Å². The molecule has 3 rings (SSSR count). The van der Waals surface area contributed by atoms with Crippen LogP contribution in [0.3, 0.4) is 0 Å². The minimum Gasteiger partial charge on any atom is -0.350 e. The van der Waals surface area contributed by atoms with Crippen LogP contribution in [0.5, 0.6) is 0 Å². The topological polar surface area (TPSA) is 41.4 Å². The predicted molar refractivity (Wildman–Crippen MR) is 73.8 cm³/mol. The van der Waals surface area contributed by atoms with Crippen LogP contribution in [-0.4, -0.2) is 35.2 Å². The number of halogens is 2. The smallest absolute Gasteiger partial charge is 0.266 e. The maximum Gasteiger partial charge on any atom is 0.266 e. The van der Waals surface area contributed by atoms with Crippen molar-refractivity contribution in [2.45, 2.75) is 45.1 Å². The second-order valence-electron chi connectivity index (χ2n) is 6.48. The molecule has 6 heteroatoms. The number of aromatic nitrogens is 2. The van der Waals surface area contributed by atoms with Crippen LogP contribution in [0.1, 0.15) is 44.3 Å². The standard InChI is InChI=1S/C14H18F2N4/c1-13(2,3)12-18-10-7-17-6-9(10)11(19-12)20-5-4-14(15,16)8-20/h6H,4-5,7-8H2,1-3H3. The number of alkyl halides is 2. The van der Waals surface area contributed by atoms with Crippen LogP contribution in [0.4, 0.5) is 14.6 Å². The molecule has 1 aromatic heterocycles. The van der Waals surface area contributed by atoms with Gasteiger partial charge in [-0.3, -0.25) is 4.99 Å². The summed E-state index contributed by atoms with van der Waals surface area (Å²) in [5.74, 6) is -1.33. The zero-order valence-electron chi connectivity index (χ0n) is 12.0. The fourth-order valence-electron chi connectivity index (χ4n) is 2.47. The number of anilines is 1. The van der Waals surface area contributed by atoms with E-state index in [-0.39, 0.29) is 18.4 Å². The summed E-state index contributed by atoms with van der Waals surface area (Å²) in [6.07, 6.45) is 1.58. The van der Waals surface area contributed by atoms with Crippen molar-refractivity contribution in [3.05, 3.63) is 17.1 Å². The van der Waals surface area contributed by atoms with Crippen LogP contribution >= 0.6 is 0 Å². The third-order valence-corrected chi connectivity index (χ3v) is 3.61. The lowest BCUT2D eigenvalue weighted by Crippen LogP contribution is -2.28. The van der Waals surface area contributed by atoms with Gasteiger partial charge in [-0.25, -0.2) is 18.7 Å². The second kappa shape index (κ2) is 4.20. The molecule has 0 atom stereocenters. The Kier molecular flexibility index (Phi) is 2.81. The SMILES string of the molecule is CC(C)(C)c1nc2c(c(N3CCC(F)(F)C3)n1)C=NC2. The first-order valence-electron chi connectivity index (χ1n) is 6.80. The zero-order chi connectivity index (χ0) is 14.5. The number of aliphatic imine (C=N–C) groups is 1. The highest BCUT2D eigenvalue weighted by Crippen LogP contribution is 2.34. The van der Waals surface area contributed by atoms with E-state index in [0.29, 0.717) is 24.7 Å². The molecule has 0 aliphatic carbocycles. The highest BCUT2D eigenvalue weighted by atomic mass is 19.3. The lowest BCUT2D eigenvalue weighted by atomic mass is 9.95. The summed E-state index contributed by atoms with van der Waals surface area (Å²) in [6, 6.07) is 0. The van der Waals surface area contributed by atoms with Crippen molar-refractivity contribution in [2.24, 2.45) is 4.99 Å². The third kappa shape index (κ3) is 2.27. The van der Waals surface area contributed by atoms with Crippen LogP contribution in [0.2, 0.25) is 0 Å². The Hall–Kier alpha value is -1.59. The van der Waals surface area contributed by atoms with E-state index < -0.39 is 5.92 Å². The molecule has 0 N–H and O–H groups in total. The normalized spacial score (nSPS) is 20.6. The lowest BCUT2D eigenvalue weighted by molar-refractivity contribution is 0.0256. The number of hydrogen-bond donors (Lipinski definition) is 0. The Bertz CT molecular complexity index is 575. The summed E-state index contributed by atoms with van der Waals surface area (Å²) >= 11 is 0. The maximum atomic E-state index is 13.4. The third-order valence-electron chi connectivity index (χ3n) is 3.61. The molecule has 0 saturated carbocycles. The van der Waals surface area contributed by atoms with Crippen LogP contribution in [0.15, 0.2) is 4.99 Å². The average molecular weight is 280 g/mol. The van der Waals surface area contributed by atoms with Crippen LogP contribution in [0.25, 0.3) is 0 Å². The minimum absolute atomic E-state index is 0.117. The zero-order valence-corrected chi connectivity index (χ0v) is 12.0. The largest absolute Gasteiger partial charge is 0.350 e. The molecule has 0 unspecified atom stereocenters. The van der Waals surface area contributed by atoms with Gasteiger partial charge >= 0.3 is 0 Å². The van der Waals surface area contributed by atoms with Crippen molar-refractivity contribution in [2.75, 3.05) is 18.0 Å². The van der Waals surface area contributed by atoms with Gasteiger partial charge in [-0.05, 0) is 0 Å². The monoisotopic (exact) mass is 280 g/mol. The van der Waals surface area contributed by atoms with E-state index in [1.54, 1.807) is 11.1 Å². The highest BCUT2D eigenvalue weighted by molar-refractivity contribution is 5.90. The molecule has 1 aromatic rings.